The van der Waals surface area contributed by atoms with Crippen LogP contribution in [-0.2, 0) is 19.4 Å². The van der Waals surface area contributed by atoms with E-state index in [2.05, 4.69) is 10.6 Å². The number of carbonyl (C=O) groups excluding carboxylic acids is 2. The summed E-state index contributed by atoms with van der Waals surface area (Å²) in [6.45, 7) is 3.38. The number of anilines is 2. The fourth-order valence-electron chi connectivity index (χ4n) is 2.92. The van der Waals surface area contributed by atoms with Gasteiger partial charge in [-0.15, -0.1) is 11.8 Å². The molecule has 0 aromatic heterocycles. The molecule has 154 valence electrons. The average Bonchev–Trinajstić information content (AvgIpc) is 2.83. The van der Waals surface area contributed by atoms with Gasteiger partial charge in [-0.2, -0.15) is 0 Å². The number of amides is 2. The minimum atomic E-state index is -3.72. The number of nitrogens with one attached hydrogen (secondary N) is 2. The molecule has 0 bridgehead atoms. The molecule has 0 unspecified atom stereocenters. The quantitative estimate of drug-likeness (QED) is 0.711. The molecular formula is C20H21ClN2O4S2. The van der Waals surface area contributed by atoms with E-state index in [4.69, 9.17) is 11.6 Å². The maximum atomic E-state index is 12.8. The van der Waals surface area contributed by atoms with Crippen LogP contribution in [0.2, 0.25) is 5.02 Å². The van der Waals surface area contributed by atoms with E-state index in [1.54, 1.807) is 31.2 Å². The van der Waals surface area contributed by atoms with Gasteiger partial charge in [0.25, 0.3) is 0 Å². The summed E-state index contributed by atoms with van der Waals surface area (Å²) in [4.78, 5) is 25.2. The number of sulfone groups is 1. The number of thioether (sulfide) groups is 1. The summed E-state index contributed by atoms with van der Waals surface area (Å²) in [5, 5.41) is 6.05. The first-order chi connectivity index (χ1) is 13.7. The lowest BCUT2D eigenvalue weighted by atomic mass is 10.1. The highest BCUT2D eigenvalue weighted by Gasteiger charge is 2.25. The first-order valence-electron chi connectivity index (χ1n) is 9.02. The Kier molecular flexibility index (Phi) is 6.55. The Morgan fingerprint density at radius 3 is 2.76 bits per heavy atom. The van der Waals surface area contributed by atoms with Gasteiger partial charge in [0.05, 0.1) is 16.3 Å². The molecular weight excluding hydrogens is 432 g/mol. The number of rotatable bonds is 5. The summed E-state index contributed by atoms with van der Waals surface area (Å²) < 4.78 is 25.7. The summed E-state index contributed by atoms with van der Waals surface area (Å²) in [5.74, 6) is -0.996. The third kappa shape index (κ3) is 5.32. The molecule has 1 atom stereocenters. The van der Waals surface area contributed by atoms with E-state index in [9.17, 15) is 18.0 Å². The molecule has 0 saturated heterocycles. The van der Waals surface area contributed by atoms with Gasteiger partial charge in [0.15, 0.2) is 9.84 Å². The Morgan fingerprint density at radius 1 is 1.28 bits per heavy atom. The van der Waals surface area contributed by atoms with Gasteiger partial charge in [0, 0.05) is 33.7 Å². The van der Waals surface area contributed by atoms with Gasteiger partial charge >= 0.3 is 0 Å². The highest BCUT2D eigenvalue weighted by Crippen LogP contribution is 2.33. The maximum absolute atomic E-state index is 12.8. The van der Waals surface area contributed by atoms with Gasteiger partial charge in [-0.3, -0.25) is 9.59 Å². The molecule has 29 heavy (non-hydrogen) atoms. The zero-order valence-corrected chi connectivity index (χ0v) is 18.4. The number of halogens is 1. The van der Waals surface area contributed by atoms with Crippen LogP contribution in [0.4, 0.5) is 11.4 Å². The molecule has 1 aliphatic heterocycles. The maximum Gasteiger partial charge on any atom is 0.228 e. The van der Waals surface area contributed by atoms with Crippen molar-refractivity contribution in [1.82, 2.24) is 0 Å². The monoisotopic (exact) mass is 452 g/mol. The van der Waals surface area contributed by atoms with Crippen LogP contribution in [0.15, 0.2) is 46.2 Å². The fourth-order valence-corrected chi connectivity index (χ4v) is 5.66. The van der Waals surface area contributed by atoms with E-state index >= 15 is 0 Å². The van der Waals surface area contributed by atoms with Crippen molar-refractivity contribution in [2.24, 2.45) is 5.92 Å². The number of hydrogen-bond acceptors (Lipinski definition) is 5. The van der Waals surface area contributed by atoms with E-state index in [-0.39, 0.29) is 16.6 Å². The number of carbonyl (C=O) groups is 2. The van der Waals surface area contributed by atoms with E-state index in [1.807, 2.05) is 6.92 Å². The van der Waals surface area contributed by atoms with Crippen molar-refractivity contribution >= 4 is 56.4 Å². The third-order valence-corrected chi connectivity index (χ3v) is 7.76. The SMILES string of the molecule is Cc1cc(Cl)ccc1NC(=O)[C@@H](C)CS(=O)(=O)c1ccc2c(c1)NC(=O)CCS2. The van der Waals surface area contributed by atoms with Crippen LogP contribution in [0.25, 0.3) is 0 Å². The van der Waals surface area contributed by atoms with Crippen molar-refractivity contribution in [3.05, 3.63) is 47.0 Å². The molecule has 0 spiro atoms. The Hall–Kier alpha value is -2.03. The normalized spacial score (nSPS) is 15.1. The lowest BCUT2D eigenvalue weighted by Gasteiger charge is -2.15. The van der Waals surface area contributed by atoms with Crippen molar-refractivity contribution in [3.8, 4) is 0 Å². The Labute approximate surface area is 179 Å². The molecule has 0 saturated carbocycles. The van der Waals surface area contributed by atoms with Gasteiger partial charge in [-0.25, -0.2) is 8.42 Å². The van der Waals surface area contributed by atoms with Crippen LogP contribution in [0.3, 0.4) is 0 Å². The first-order valence-corrected chi connectivity index (χ1v) is 12.0. The Bertz CT molecular complexity index is 1070. The average molecular weight is 453 g/mol. The summed E-state index contributed by atoms with van der Waals surface area (Å²) in [7, 11) is -3.72. The van der Waals surface area contributed by atoms with E-state index in [0.717, 1.165) is 10.5 Å². The largest absolute Gasteiger partial charge is 0.326 e. The van der Waals surface area contributed by atoms with Gasteiger partial charge in [-0.1, -0.05) is 18.5 Å². The molecule has 2 aromatic rings. The van der Waals surface area contributed by atoms with Crippen molar-refractivity contribution in [2.45, 2.75) is 30.1 Å². The lowest BCUT2D eigenvalue weighted by molar-refractivity contribution is -0.119. The van der Waals surface area contributed by atoms with Crippen LogP contribution >= 0.6 is 23.4 Å². The topological polar surface area (TPSA) is 92.3 Å². The molecule has 9 heteroatoms. The van der Waals surface area contributed by atoms with Crippen LogP contribution in [-0.4, -0.2) is 31.7 Å². The third-order valence-electron chi connectivity index (χ3n) is 4.53. The van der Waals surface area contributed by atoms with Crippen LogP contribution < -0.4 is 10.6 Å². The summed E-state index contributed by atoms with van der Waals surface area (Å²) in [5.41, 5.74) is 1.88. The molecule has 2 amide bonds. The highest BCUT2D eigenvalue weighted by atomic mass is 35.5. The van der Waals surface area contributed by atoms with Crippen molar-refractivity contribution in [3.63, 3.8) is 0 Å². The van der Waals surface area contributed by atoms with Crippen LogP contribution in [0, 0.1) is 12.8 Å². The van der Waals surface area contributed by atoms with Crippen LogP contribution in [0.1, 0.15) is 18.9 Å². The molecule has 0 radical (unpaired) electrons. The van der Waals surface area contributed by atoms with Gasteiger partial charge < -0.3 is 10.6 Å². The minimum absolute atomic E-state index is 0.0846. The zero-order valence-electron chi connectivity index (χ0n) is 16.0. The van der Waals surface area contributed by atoms with E-state index < -0.39 is 21.7 Å². The molecule has 3 rings (SSSR count). The van der Waals surface area contributed by atoms with Crippen molar-refractivity contribution < 1.29 is 18.0 Å². The molecule has 2 N–H and O–H groups in total. The Balaban J connectivity index is 1.74. The summed E-state index contributed by atoms with van der Waals surface area (Å²) >= 11 is 7.42. The fraction of sp³-hybridized carbons (Fsp3) is 0.300. The van der Waals surface area contributed by atoms with E-state index in [0.29, 0.717) is 28.6 Å². The molecule has 0 aliphatic carbocycles. The van der Waals surface area contributed by atoms with Gasteiger partial charge in [0.2, 0.25) is 11.8 Å². The lowest BCUT2D eigenvalue weighted by Crippen LogP contribution is -2.27. The van der Waals surface area contributed by atoms with Crippen molar-refractivity contribution in [2.75, 3.05) is 22.1 Å². The standard InChI is InChI=1S/C20H21ClN2O4S2/c1-12-9-14(21)3-5-16(12)23-20(25)13(2)11-29(26,27)15-4-6-18-17(10-15)22-19(24)7-8-28-18/h3-6,9-10,13H,7-8,11H2,1-2H3,(H,22,24)(H,23,25)/t13-/m0/s1. The molecule has 2 aromatic carbocycles. The Morgan fingerprint density at radius 2 is 2.03 bits per heavy atom. The number of fused-ring (bicyclic) bond motifs is 1. The number of benzene rings is 2. The predicted octanol–water partition coefficient (Wildman–Crippen LogP) is 4.13. The molecule has 1 heterocycles. The molecule has 6 nitrogen and oxygen atoms in total. The van der Waals surface area contributed by atoms with Crippen LogP contribution in [0.5, 0.6) is 0 Å². The molecule has 1 aliphatic rings. The first kappa shape index (κ1) is 21.7. The predicted molar refractivity (Wildman–Crippen MR) is 116 cm³/mol. The molecule has 0 fully saturated rings. The van der Waals surface area contributed by atoms with Gasteiger partial charge in [0.1, 0.15) is 0 Å². The second-order valence-electron chi connectivity index (χ2n) is 6.94. The second-order valence-corrected chi connectivity index (χ2v) is 10.5. The summed E-state index contributed by atoms with van der Waals surface area (Å²) in [6, 6.07) is 9.75. The second kappa shape index (κ2) is 8.77. The number of aryl methyl sites for hydroxylation is 1. The van der Waals surface area contributed by atoms with E-state index in [1.165, 1.54) is 23.9 Å². The smallest absolute Gasteiger partial charge is 0.228 e. The van der Waals surface area contributed by atoms with Crippen molar-refractivity contribution in [1.29, 1.82) is 0 Å². The van der Waals surface area contributed by atoms with Gasteiger partial charge in [-0.05, 0) is 48.9 Å². The summed E-state index contributed by atoms with van der Waals surface area (Å²) in [6.07, 6.45) is 0.378. The minimum Gasteiger partial charge on any atom is -0.326 e. The highest BCUT2D eigenvalue weighted by molar-refractivity contribution is 7.99. The number of hydrogen-bond donors (Lipinski definition) is 2. The zero-order chi connectivity index (χ0) is 21.2.